The zero-order chi connectivity index (χ0) is 22.1. The van der Waals surface area contributed by atoms with Gasteiger partial charge in [0.15, 0.2) is 0 Å². The smallest absolute Gasteiger partial charge is 0.203 e. The molecule has 2 aromatic carbocycles. The number of nitriles is 1. The lowest BCUT2D eigenvalue weighted by atomic mass is 10.0. The number of rotatable bonds is 8. The summed E-state index contributed by atoms with van der Waals surface area (Å²) >= 11 is 5.84. The second kappa shape index (κ2) is 10.9. The quantitative estimate of drug-likeness (QED) is 0.249. The fourth-order valence-corrected chi connectivity index (χ4v) is 2.76. The standard InChI is InChI=1S/C24H23ClN2O3/c1-27(2)20-14-22(29-3)21(23(15-20)30-4)9-7-5-6-8-18(16-26)24(28)17-10-12-19(25)13-11-17/h5-15H,1-4H3. The van der Waals surface area contributed by atoms with Crippen LogP contribution in [0.25, 0.3) is 6.08 Å². The predicted molar refractivity (Wildman–Crippen MR) is 122 cm³/mol. The highest BCUT2D eigenvalue weighted by molar-refractivity contribution is 6.30. The van der Waals surface area contributed by atoms with Gasteiger partial charge >= 0.3 is 0 Å². The largest absolute Gasteiger partial charge is 0.496 e. The molecule has 5 nitrogen and oxygen atoms in total. The molecule has 0 spiro atoms. The zero-order valence-electron chi connectivity index (χ0n) is 17.3. The number of halogens is 1. The first-order valence-electron chi connectivity index (χ1n) is 9.10. The number of allylic oxidation sites excluding steroid dienone is 5. The minimum atomic E-state index is -0.356. The SMILES string of the molecule is COc1cc(N(C)C)cc(OC)c1C=CC=CC=C(C#N)C(=O)c1ccc(Cl)cc1. The summed E-state index contributed by atoms with van der Waals surface area (Å²) in [6, 6.07) is 12.2. The van der Waals surface area contributed by atoms with Gasteiger partial charge in [0.25, 0.3) is 0 Å². The van der Waals surface area contributed by atoms with Crippen LogP contribution in [0.4, 0.5) is 5.69 Å². The molecule has 154 valence electrons. The maximum Gasteiger partial charge on any atom is 0.203 e. The van der Waals surface area contributed by atoms with Crippen LogP contribution in [-0.4, -0.2) is 34.1 Å². The summed E-state index contributed by atoms with van der Waals surface area (Å²) < 4.78 is 11.0. The van der Waals surface area contributed by atoms with Crippen molar-refractivity contribution >= 4 is 29.1 Å². The summed E-state index contributed by atoms with van der Waals surface area (Å²) in [5.74, 6) is 0.994. The summed E-state index contributed by atoms with van der Waals surface area (Å²) in [5.41, 5.74) is 2.19. The Bertz CT molecular complexity index is 1000. The minimum Gasteiger partial charge on any atom is -0.496 e. The van der Waals surface area contributed by atoms with Gasteiger partial charge in [-0.3, -0.25) is 4.79 Å². The van der Waals surface area contributed by atoms with Gasteiger partial charge in [-0.15, -0.1) is 0 Å². The number of Topliss-reactive ketones (excluding diaryl/α,β-unsaturated/α-hetero) is 1. The van der Waals surface area contributed by atoms with Gasteiger partial charge in [-0.25, -0.2) is 0 Å². The van der Waals surface area contributed by atoms with Gasteiger partial charge in [0.05, 0.1) is 25.4 Å². The van der Waals surface area contributed by atoms with Crippen LogP contribution >= 0.6 is 11.6 Å². The van der Waals surface area contributed by atoms with Gasteiger partial charge in [0, 0.05) is 42.5 Å². The second-order valence-corrected chi connectivity index (χ2v) is 6.87. The maximum atomic E-state index is 12.4. The van der Waals surface area contributed by atoms with Crippen LogP contribution in [0.3, 0.4) is 0 Å². The number of carbonyl (C=O) groups is 1. The van der Waals surface area contributed by atoms with E-state index in [1.54, 1.807) is 56.7 Å². The lowest BCUT2D eigenvalue weighted by Crippen LogP contribution is -2.09. The molecule has 0 aliphatic heterocycles. The molecule has 0 aliphatic carbocycles. The third-order valence-corrected chi connectivity index (χ3v) is 4.52. The van der Waals surface area contributed by atoms with E-state index in [0.29, 0.717) is 22.1 Å². The van der Waals surface area contributed by atoms with Crippen LogP contribution < -0.4 is 14.4 Å². The number of ketones is 1. The van der Waals surface area contributed by atoms with Crippen LogP contribution in [0.5, 0.6) is 11.5 Å². The molecule has 0 N–H and O–H groups in total. The third kappa shape index (κ3) is 5.76. The van der Waals surface area contributed by atoms with E-state index in [2.05, 4.69) is 0 Å². The topological polar surface area (TPSA) is 62.6 Å². The first-order valence-corrected chi connectivity index (χ1v) is 9.47. The number of benzene rings is 2. The molecule has 30 heavy (non-hydrogen) atoms. The lowest BCUT2D eigenvalue weighted by Gasteiger charge is -2.17. The van der Waals surface area contributed by atoms with Crippen molar-refractivity contribution in [2.45, 2.75) is 0 Å². The van der Waals surface area contributed by atoms with Crippen molar-refractivity contribution in [2.24, 2.45) is 0 Å². The Kier molecular flexibility index (Phi) is 8.28. The molecule has 0 aromatic heterocycles. The molecule has 0 saturated carbocycles. The van der Waals surface area contributed by atoms with Gasteiger partial charge in [0.1, 0.15) is 17.6 Å². The van der Waals surface area contributed by atoms with Crippen molar-refractivity contribution < 1.29 is 14.3 Å². The van der Waals surface area contributed by atoms with E-state index >= 15 is 0 Å². The Morgan fingerprint density at radius 2 is 1.63 bits per heavy atom. The average Bonchev–Trinajstić information content (AvgIpc) is 2.75. The molecule has 0 saturated heterocycles. The highest BCUT2D eigenvalue weighted by atomic mass is 35.5. The van der Waals surface area contributed by atoms with E-state index in [9.17, 15) is 10.1 Å². The Morgan fingerprint density at radius 1 is 1.03 bits per heavy atom. The van der Waals surface area contributed by atoms with Crippen LogP contribution in [0, 0.1) is 11.3 Å². The summed E-state index contributed by atoms with van der Waals surface area (Å²) in [6.07, 6.45) is 8.47. The molecule has 2 aromatic rings. The summed E-state index contributed by atoms with van der Waals surface area (Å²) in [5, 5.41) is 9.83. The number of methoxy groups -OCH3 is 2. The molecular weight excluding hydrogens is 400 g/mol. The highest BCUT2D eigenvalue weighted by Gasteiger charge is 2.12. The Morgan fingerprint density at radius 3 is 2.13 bits per heavy atom. The number of nitrogens with zero attached hydrogens (tertiary/aromatic N) is 2. The van der Waals surface area contributed by atoms with Crippen LogP contribution in [0.2, 0.25) is 5.02 Å². The molecule has 0 amide bonds. The van der Waals surface area contributed by atoms with Crippen molar-refractivity contribution in [1.82, 2.24) is 0 Å². The van der Waals surface area contributed by atoms with Gasteiger partial charge in [-0.2, -0.15) is 5.26 Å². The fraction of sp³-hybridized carbons (Fsp3) is 0.167. The summed E-state index contributed by atoms with van der Waals surface area (Å²) in [7, 11) is 7.09. The van der Waals surface area contributed by atoms with Crippen molar-refractivity contribution in [3.8, 4) is 17.6 Å². The van der Waals surface area contributed by atoms with E-state index in [4.69, 9.17) is 21.1 Å². The second-order valence-electron chi connectivity index (χ2n) is 6.43. The molecule has 0 aliphatic rings. The van der Waals surface area contributed by atoms with Crippen molar-refractivity contribution in [2.75, 3.05) is 33.2 Å². The third-order valence-electron chi connectivity index (χ3n) is 4.26. The Labute approximate surface area is 182 Å². The maximum absolute atomic E-state index is 12.4. The summed E-state index contributed by atoms with van der Waals surface area (Å²) in [4.78, 5) is 14.4. The van der Waals surface area contributed by atoms with E-state index in [-0.39, 0.29) is 11.4 Å². The van der Waals surface area contributed by atoms with Gasteiger partial charge in [-0.05, 0) is 36.4 Å². The van der Waals surface area contributed by atoms with Crippen LogP contribution in [-0.2, 0) is 0 Å². The van der Waals surface area contributed by atoms with Crippen molar-refractivity contribution in [3.05, 3.63) is 82.4 Å². The molecule has 0 radical (unpaired) electrons. The predicted octanol–water partition coefficient (Wildman–Crippen LogP) is 5.33. The van der Waals surface area contributed by atoms with Gasteiger partial charge in [0.2, 0.25) is 5.78 Å². The molecule has 0 unspecified atom stereocenters. The summed E-state index contributed by atoms with van der Waals surface area (Å²) in [6.45, 7) is 0. The molecule has 0 bridgehead atoms. The molecule has 0 fully saturated rings. The van der Waals surface area contributed by atoms with E-state index in [0.717, 1.165) is 11.3 Å². The molecule has 2 rings (SSSR count). The average molecular weight is 423 g/mol. The van der Waals surface area contributed by atoms with E-state index < -0.39 is 0 Å². The van der Waals surface area contributed by atoms with E-state index in [1.165, 1.54) is 6.08 Å². The Balaban J connectivity index is 2.22. The van der Waals surface area contributed by atoms with Crippen LogP contribution in [0.1, 0.15) is 15.9 Å². The molecule has 0 atom stereocenters. The normalized spacial score (nSPS) is 11.5. The highest BCUT2D eigenvalue weighted by Crippen LogP contribution is 2.35. The van der Waals surface area contributed by atoms with Crippen molar-refractivity contribution in [1.29, 1.82) is 5.26 Å². The number of hydrogen-bond acceptors (Lipinski definition) is 5. The zero-order valence-corrected chi connectivity index (χ0v) is 18.1. The molecule has 6 heteroatoms. The number of carbonyl (C=O) groups excluding carboxylic acids is 1. The number of hydrogen-bond donors (Lipinski definition) is 0. The minimum absolute atomic E-state index is 0.0347. The first kappa shape index (κ1) is 22.8. The Hall–Kier alpha value is -3.49. The first-order chi connectivity index (χ1) is 14.4. The van der Waals surface area contributed by atoms with Gasteiger partial charge < -0.3 is 14.4 Å². The monoisotopic (exact) mass is 422 g/mol. The number of ether oxygens (including phenoxy) is 2. The van der Waals surface area contributed by atoms with E-state index in [1.807, 2.05) is 43.3 Å². The molecule has 0 heterocycles. The fourth-order valence-electron chi connectivity index (χ4n) is 2.64. The van der Waals surface area contributed by atoms with Crippen molar-refractivity contribution in [3.63, 3.8) is 0 Å². The number of anilines is 1. The molecular formula is C24H23ClN2O3. The van der Waals surface area contributed by atoms with Gasteiger partial charge in [-0.1, -0.05) is 29.8 Å². The van der Waals surface area contributed by atoms with Crippen LogP contribution in [0.15, 0.2) is 66.3 Å². The lowest BCUT2D eigenvalue weighted by molar-refractivity contribution is 0.103.